The zero-order valence-electron chi connectivity index (χ0n) is 24.2. The molecule has 1 aromatic carbocycles. The number of fused-ring (bicyclic) bond motifs is 3. The number of imidazole rings is 1. The highest BCUT2D eigenvalue weighted by Crippen LogP contribution is 2.53. The summed E-state index contributed by atoms with van der Waals surface area (Å²) in [5, 5.41) is 24.7. The number of nitrogens with zero attached hydrogens (tertiary/aromatic N) is 5. The number of hydrogen-bond acceptors (Lipinski definition) is 13. The van der Waals surface area contributed by atoms with E-state index < -0.39 is 59.9 Å². The Hall–Kier alpha value is -4.22. The second kappa shape index (κ2) is 11.4. The van der Waals surface area contributed by atoms with Gasteiger partial charge in [0.1, 0.15) is 31.2 Å². The Morgan fingerprint density at radius 2 is 1.93 bits per heavy atom. The molecule has 3 aliphatic heterocycles. The largest absolute Gasteiger partial charge is 0.466 e. The van der Waals surface area contributed by atoms with Crippen LogP contribution in [0.15, 0.2) is 43.0 Å². The molecule has 0 spiro atoms. The molecule has 5 heterocycles. The van der Waals surface area contributed by atoms with E-state index in [0.29, 0.717) is 0 Å². The van der Waals surface area contributed by atoms with E-state index in [1.165, 1.54) is 29.2 Å². The van der Waals surface area contributed by atoms with Crippen molar-refractivity contribution in [1.29, 1.82) is 0 Å². The van der Waals surface area contributed by atoms with Crippen LogP contribution in [0.3, 0.4) is 0 Å². The number of aliphatic hydroxyl groups is 2. The highest BCUT2D eigenvalue weighted by Gasteiger charge is 2.75. The molecule has 0 saturated carbocycles. The van der Waals surface area contributed by atoms with Crippen molar-refractivity contribution in [3.05, 3.63) is 48.5 Å². The molecule has 2 bridgehead atoms. The molecule has 3 aliphatic rings. The molecule has 3 fully saturated rings. The number of likely N-dealkylation sites (N-methyl/N-ethyl adjacent to an activating group) is 1. The first-order valence-corrected chi connectivity index (χ1v) is 14.0. The predicted octanol–water partition coefficient (Wildman–Crippen LogP) is 0.490. The number of anilines is 1. The number of aromatic nitrogens is 4. The summed E-state index contributed by atoms with van der Waals surface area (Å²) >= 11 is 0. The van der Waals surface area contributed by atoms with Crippen molar-refractivity contribution in [2.24, 2.45) is 0 Å². The van der Waals surface area contributed by atoms with Crippen molar-refractivity contribution in [3.8, 4) is 0 Å². The molecule has 16 heteroatoms. The number of carbonyl (C=O) groups is 3. The van der Waals surface area contributed by atoms with Crippen LogP contribution in [-0.2, 0) is 39.9 Å². The summed E-state index contributed by atoms with van der Waals surface area (Å²) in [6.07, 6.45) is -4.14. The fourth-order valence-corrected chi connectivity index (χ4v) is 6.14. The molecule has 2 aromatic heterocycles. The van der Waals surface area contributed by atoms with Crippen molar-refractivity contribution in [3.63, 3.8) is 0 Å². The zero-order valence-corrected chi connectivity index (χ0v) is 24.2. The number of amides is 2. The van der Waals surface area contributed by atoms with Gasteiger partial charge in [-0.25, -0.2) is 24.5 Å². The van der Waals surface area contributed by atoms with Gasteiger partial charge in [-0.3, -0.25) is 14.7 Å². The van der Waals surface area contributed by atoms with E-state index in [1.54, 1.807) is 6.92 Å². The molecule has 3 N–H and O–H groups in total. The smallest absolute Gasteiger partial charge is 0.413 e. The fraction of sp³-hybridized carbons (Fsp3) is 0.500. The maximum absolute atomic E-state index is 13.3. The minimum Gasteiger partial charge on any atom is -0.466 e. The van der Waals surface area contributed by atoms with Crippen LogP contribution in [0.4, 0.5) is 10.6 Å². The number of aliphatic hydroxyl groups excluding tert-OH is 2. The van der Waals surface area contributed by atoms with Gasteiger partial charge in [0.25, 0.3) is 11.5 Å². The summed E-state index contributed by atoms with van der Waals surface area (Å²) in [5.74, 6) is -1.43. The average Bonchev–Trinajstić information content (AvgIpc) is 3.74. The Morgan fingerprint density at radius 3 is 2.66 bits per heavy atom. The molecule has 16 nitrogen and oxygen atoms in total. The first kappa shape index (κ1) is 29.8. The van der Waals surface area contributed by atoms with Crippen LogP contribution in [0.25, 0.3) is 11.2 Å². The summed E-state index contributed by atoms with van der Waals surface area (Å²) in [5.41, 5.74) is -2.15. The van der Waals surface area contributed by atoms with E-state index >= 15 is 0 Å². The lowest BCUT2D eigenvalue weighted by atomic mass is 9.86. The van der Waals surface area contributed by atoms with Crippen LogP contribution < -0.4 is 5.32 Å². The molecule has 3 unspecified atom stereocenters. The second-order valence-corrected chi connectivity index (χ2v) is 10.8. The van der Waals surface area contributed by atoms with Crippen LogP contribution in [0.5, 0.6) is 0 Å². The number of methoxy groups -OCH3 is 1. The van der Waals surface area contributed by atoms with E-state index in [0.717, 1.165) is 12.7 Å². The van der Waals surface area contributed by atoms with Gasteiger partial charge in [0.05, 0.1) is 19.5 Å². The summed E-state index contributed by atoms with van der Waals surface area (Å²) in [6.45, 7) is 2.01. The molecule has 3 aromatic rings. The lowest BCUT2D eigenvalue weighted by molar-refractivity contribution is -0.181. The van der Waals surface area contributed by atoms with Crippen LogP contribution in [0.1, 0.15) is 31.6 Å². The third-order valence-electron chi connectivity index (χ3n) is 8.32. The Bertz CT molecular complexity index is 1570. The van der Waals surface area contributed by atoms with Gasteiger partial charge in [-0.05, 0) is 12.5 Å². The van der Waals surface area contributed by atoms with Gasteiger partial charge in [0, 0.05) is 26.5 Å². The van der Waals surface area contributed by atoms with Gasteiger partial charge < -0.3 is 38.8 Å². The van der Waals surface area contributed by atoms with Crippen LogP contribution in [0.2, 0.25) is 0 Å². The number of likely N-dealkylation sites (tertiary alicyclic amines) is 1. The molecule has 234 valence electrons. The van der Waals surface area contributed by atoms with Gasteiger partial charge in [-0.1, -0.05) is 30.3 Å². The number of ether oxygens (including phenoxy) is 5. The standard InChI is InChI=1S/C28H32N6O10/c1-4-41-17-11-27(33(2)24(37)28(17,44-27)25(38)40-3)10-16-19(35)20(36)23(43-16)34-14-31-18-21(29-13-30-22(18)34)32-26(39)42-12-15-8-6-5-7-9-15/h5-9,13-14,16-17,19-20,23,35-36H,4,10-12H2,1-3H3,(H,29,30,32,39)/t16-,17?,19-,20-,23-,27?,28?/m1/s1. The molecule has 3 saturated heterocycles. The topological polar surface area (TPSA) is 197 Å². The molecular formula is C28H32N6O10. The molecular weight excluding hydrogens is 580 g/mol. The number of nitrogens with one attached hydrogen (secondary N) is 1. The molecule has 0 aliphatic carbocycles. The monoisotopic (exact) mass is 612 g/mol. The number of carbonyl (C=O) groups excluding carboxylic acids is 3. The third-order valence-corrected chi connectivity index (χ3v) is 8.32. The van der Waals surface area contributed by atoms with E-state index in [-0.39, 0.29) is 43.0 Å². The fourth-order valence-electron chi connectivity index (χ4n) is 6.14. The van der Waals surface area contributed by atoms with E-state index in [9.17, 15) is 24.6 Å². The number of rotatable bonds is 9. The average molecular weight is 613 g/mol. The predicted molar refractivity (Wildman–Crippen MR) is 147 cm³/mol. The lowest BCUT2D eigenvalue weighted by Crippen LogP contribution is -2.60. The summed E-state index contributed by atoms with van der Waals surface area (Å²) in [7, 11) is 2.65. The minimum absolute atomic E-state index is 0.0504. The van der Waals surface area contributed by atoms with E-state index in [1.807, 2.05) is 30.3 Å². The van der Waals surface area contributed by atoms with Gasteiger partial charge in [0.15, 0.2) is 28.9 Å². The summed E-state index contributed by atoms with van der Waals surface area (Å²) < 4.78 is 29.6. The van der Waals surface area contributed by atoms with Crippen molar-refractivity contribution in [2.75, 3.05) is 26.1 Å². The Morgan fingerprint density at radius 1 is 1.16 bits per heavy atom. The summed E-state index contributed by atoms with van der Waals surface area (Å²) in [6, 6.07) is 9.16. The maximum atomic E-state index is 13.3. The molecule has 2 amide bonds. The van der Waals surface area contributed by atoms with Crippen LogP contribution >= 0.6 is 0 Å². The molecule has 6 rings (SSSR count). The number of hydrogen-bond donors (Lipinski definition) is 3. The lowest BCUT2D eigenvalue weighted by Gasteiger charge is -2.37. The normalized spacial score (nSPS) is 31.1. The SMILES string of the molecule is CCOC1CC2(C[C@H]3O[C@@H](n4cnc5c(NC(=O)OCc6ccccc6)ncnc54)[C@H](O)[C@@H]3O)OC1(C(=O)OC)C(=O)N2C. The van der Waals surface area contributed by atoms with E-state index in [2.05, 4.69) is 20.3 Å². The van der Waals surface area contributed by atoms with Crippen molar-refractivity contribution in [2.45, 2.75) is 68.3 Å². The number of esters is 1. The van der Waals surface area contributed by atoms with Crippen molar-refractivity contribution < 1.29 is 48.3 Å². The van der Waals surface area contributed by atoms with Crippen LogP contribution in [0, 0.1) is 0 Å². The third kappa shape index (κ3) is 4.66. The first-order valence-electron chi connectivity index (χ1n) is 14.0. The minimum atomic E-state index is -1.98. The Balaban J connectivity index is 1.20. The second-order valence-electron chi connectivity index (χ2n) is 10.8. The first-order chi connectivity index (χ1) is 21.1. The molecule has 7 atom stereocenters. The van der Waals surface area contributed by atoms with Gasteiger partial charge in [-0.2, -0.15) is 0 Å². The van der Waals surface area contributed by atoms with Gasteiger partial charge >= 0.3 is 12.1 Å². The number of benzene rings is 1. The molecule has 44 heavy (non-hydrogen) atoms. The van der Waals surface area contributed by atoms with E-state index in [4.69, 9.17) is 23.7 Å². The van der Waals surface area contributed by atoms with Crippen LogP contribution in [-0.4, -0.2) is 109 Å². The maximum Gasteiger partial charge on any atom is 0.413 e. The highest BCUT2D eigenvalue weighted by atomic mass is 16.6. The molecule has 0 radical (unpaired) electrons. The Labute approximate surface area is 250 Å². The zero-order chi connectivity index (χ0) is 31.2. The summed E-state index contributed by atoms with van der Waals surface area (Å²) in [4.78, 5) is 52.5. The Kier molecular flexibility index (Phi) is 7.71. The highest BCUT2D eigenvalue weighted by molar-refractivity contribution is 6.09. The van der Waals surface area contributed by atoms with Crippen molar-refractivity contribution in [1.82, 2.24) is 24.4 Å². The quantitative estimate of drug-likeness (QED) is 0.223. The van der Waals surface area contributed by atoms with Gasteiger partial charge in [-0.15, -0.1) is 0 Å². The van der Waals surface area contributed by atoms with Gasteiger partial charge in [0.2, 0.25) is 0 Å². The number of piperidine rings is 1. The van der Waals surface area contributed by atoms with Crippen molar-refractivity contribution >= 4 is 35.0 Å².